The number of aliphatic carboxylic acids is 1. The topological polar surface area (TPSA) is 79.3 Å². The maximum atomic E-state index is 11.8. The Morgan fingerprint density at radius 3 is 2.47 bits per heavy atom. The zero-order chi connectivity index (χ0) is 13.0. The molecule has 17 heavy (non-hydrogen) atoms. The summed E-state index contributed by atoms with van der Waals surface area (Å²) in [4.78, 5) is 26.4. The Hall–Kier alpha value is -2.17. The third-order valence-electron chi connectivity index (χ3n) is 2.51. The third-order valence-corrected chi connectivity index (χ3v) is 2.51. The quantitative estimate of drug-likeness (QED) is 0.781. The van der Waals surface area contributed by atoms with Gasteiger partial charge in [-0.3, -0.25) is 9.78 Å². The molecule has 1 heterocycles. The van der Waals surface area contributed by atoms with E-state index in [1.165, 1.54) is 20.0 Å². The van der Waals surface area contributed by atoms with Crippen LogP contribution < -0.4 is 5.32 Å². The van der Waals surface area contributed by atoms with Gasteiger partial charge in [0, 0.05) is 17.3 Å². The number of hydrogen-bond donors (Lipinski definition) is 2. The van der Waals surface area contributed by atoms with Crippen LogP contribution >= 0.6 is 0 Å². The van der Waals surface area contributed by atoms with Crippen molar-refractivity contribution in [1.29, 1.82) is 0 Å². The minimum atomic E-state index is -1.10. The predicted molar refractivity (Wildman–Crippen MR) is 63.6 cm³/mol. The number of rotatable bonds is 3. The Morgan fingerprint density at radius 1 is 1.29 bits per heavy atom. The molecule has 0 spiro atoms. The highest BCUT2D eigenvalue weighted by Crippen LogP contribution is 2.13. The molecule has 2 N–H and O–H groups in total. The molecule has 1 rings (SSSR count). The molecule has 0 aliphatic rings. The van der Waals surface area contributed by atoms with E-state index >= 15 is 0 Å². The van der Waals surface area contributed by atoms with Gasteiger partial charge in [-0.2, -0.15) is 0 Å². The van der Waals surface area contributed by atoms with Crippen LogP contribution in [0.3, 0.4) is 0 Å². The van der Waals surface area contributed by atoms with E-state index < -0.39 is 11.9 Å². The van der Waals surface area contributed by atoms with Gasteiger partial charge in [-0.05, 0) is 32.4 Å². The van der Waals surface area contributed by atoms with Crippen molar-refractivity contribution in [3.8, 4) is 0 Å². The second-order valence-electron chi connectivity index (χ2n) is 3.70. The van der Waals surface area contributed by atoms with Gasteiger partial charge in [0.05, 0.1) is 11.9 Å². The van der Waals surface area contributed by atoms with Gasteiger partial charge in [0.25, 0.3) is 5.91 Å². The minimum absolute atomic E-state index is 0.0315. The number of carbonyl (C=O) groups excluding carboxylic acids is 1. The maximum absolute atomic E-state index is 11.8. The summed E-state index contributed by atoms with van der Waals surface area (Å²) >= 11 is 0. The zero-order valence-corrected chi connectivity index (χ0v) is 9.94. The van der Waals surface area contributed by atoms with Crippen LogP contribution in [0.4, 0.5) is 5.69 Å². The van der Waals surface area contributed by atoms with Crippen LogP contribution in [-0.2, 0) is 9.59 Å². The molecule has 0 aromatic carbocycles. The molecule has 0 saturated carbocycles. The van der Waals surface area contributed by atoms with Crippen molar-refractivity contribution in [1.82, 2.24) is 4.98 Å². The second-order valence-corrected chi connectivity index (χ2v) is 3.70. The van der Waals surface area contributed by atoms with Crippen LogP contribution in [0.25, 0.3) is 0 Å². The van der Waals surface area contributed by atoms with Crippen molar-refractivity contribution in [3.05, 3.63) is 35.2 Å². The molecule has 0 saturated heterocycles. The molecule has 1 aromatic heterocycles. The van der Waals surface area contributed by atoms with Gasteiger partial charge in [0.15, 0.2) is 0 Å². The molecule has 1 amide bonds. The Kier molecular flexibility index (Phi) is 3.98. The van der Waals surface area contributed by atoms with Gasteiger partial charge in [0.1, 0.15) is 0 Å². The van der Waals surface area contributed by atoms with Crippen molar-refractivity contribution in [2.45, 2.75) is 20.8 Å². The monoisotopic (exact) mass is 234 g/mol. The second kappa shape index (κ2) is 5.25. The average Bonchev–Trinajstić information content (AvgIpc) is 2.30. The fraction of sp³-hybridized carbons (Fsp3) is 0.250. The Bertz CT molecular complexity index is 492. The molecule has 0 radical (unpaired) electrons. The van der Waals surface area contributed by atoms with E-state index in [4.69, 9.17) is 5.11 Å². The fourth-order valence-corrected chi connectivity index (χ4v) is 1.14. The predicted octanol–water partition coefficient (Wildman–Crippen LogP) is 1.75. The van der Waals surface area contributed by atoms with Crippen molar-refractivity contribution in [2.75, 3.05) is 5.32 Å². The Balaban J connectivity index is 2.91. The summed E-state index contributed by atoms with van der Waals surface area (Å²) in [6, 6.07) is 1.76. The first-order valence-electron chi connectivity index (χ1n) is 5.06. The molecule has 5 nitrogen and oxygen atoms in total. The maximum Gasteiger partial charge on any atom is 0.331 e. The molecule has 0 atom stereocenters. The number of nitrogens with one attached hydrogen (secondary N) is 1. The van der Waals surface area contributed by atoms with Crippen LogP contribution in [0.5, 0.6) is 0 Å². The van der Waals surface area contributed by atoms with Gasteiger partial charge in [-0.15, -0.1) is 0 Å². The number of carboxylic acids is 1. The molecule has 90 valence electrons. The number of carboxylic acid groups (broad SMARTS) is 1. The van der Waals surface area contributed by atoms with E-state index in [0.717, 1.165) is 5.56 Å². The number of anilines is 1. The summed E-state index contributed by atoms with van der Waals surface area (Å²) in [7, 11) is 0. The summed E-state index contributed by atoms with van der Waals surface area (Å²) in [5, 5.41) is 11.4. The Labute approximate surface area is 99.2 Å². The fourth-order valence-electron chi connectivity index (χ4n) is 1.14. The first-order valence-corrected chi connectivity index (χ1v) is 5.06. The average molecular weight is 234 g/mol. The standard InChI is InChI=1S/C12H14N2O3/c1-7-4-5-13-6-10(7)14-11(15)8(2)9(3)12(16)17/h4-6H,1-3H3,(H,14,15)(H,16,17). The molecule has 0 unspecified atom stereocenters. The zero-order valence-electron chi connectivity index (χ0n) is 9.94. The lowest BCUT2D eigenvalue weighted by molar-refractivity contribution is -0.133. The van der Waals surface area contributed by atoms with E-state index in [-0.39, 0.29) is 11.1 Å². The van der Waals surface area contributed by atoms with Gasteiger partial charge < -0.3 is 10.4 Å². The van der Waals surface area contributed by atoms with Crippen molar-refractivity contribution in [3.63, 3.8) is 0 Å². The number of aryl methyl sites for hydroxylation is 1. The summed E-state index contributed by atoms with van der Waals surface area (Å²) < 4.78 is 0. The van der Waals surface area contributed by atoms with Crippen LogP contribution in [0.15, 0.2) is 29.6 Å². The lowest BCUT2D eigenvalue weighted by atomic mass is 10.1. The highest BCUT2D eigenvalue weighted by Gasteiger charge is 2.13. The molecular weight excluding hydrogens is 220 g/mol. The SMILES string of the molecule is CC(C(=O)O)=C(C)C(=O)Nc1cnccc1C. The molecule has 0 bridgehead atoms. The highest BCUT2D eigenvalue weighted by molar-refractivity contribution is 6.08. The number of pyridine rings is 1. The number of nitrogens with zero attached hydrogens (tertiary/aromatic N) is 1. The third kappa shape index (κ3) is 3.14. The Morgan fingerprint density at radius 2 is 1.94 bits per heavy atom. The van der Waals surface area contributed by atoms with Gasteiger partial charge >= 0.3 is 5.97 Å². The number of amides is 1. The van der Waals surface area contributed by atoms with Gasteiger partial charge in [0.2, 0.25) is 0 Å². The lowest BCUT2D eigenvalue weighted by Crippen LogP contribution is -2.16. The van der Waals surface area contributed by atoms with Gasteiger partial charge in [-0.25, -0.2) is 4.79 Å². The lowest BCUT2D eigenvalue weighted by Gasteiger charge is -2.08. The smallest absolute Gasteiger partial charge is 0.331 e. The van der Waals surface area contributed by atoms with Crippen LogP contribution in [-0.4, -0.2) is 22.0 Å². The van der Waals surface area contributed by atoms with E-state index in [9.17, 15) is 9.59 Å². The first-order chi connectivity index (χ1) is 7.93. The summed E-state index contributed by atoms with van der Waals surface area (Å²) in [6.45, 7) is 4.71. The molecule has 5 heteroatoms. The largest absolute Gasteiger partial charge is 0.478 e. The van der Waals surface area contributed by atoms with Crippen LogP contribution in [0.1, 0.15) is 19.4 Å². The first kappa shape index (κ1) is 12.9. The van der Waals surface area contributed by atoms with E-state index in [0.29, 0.717) is 5.69 Å². The highest BCUT2D eigenvalue weighted by atomic mass is 16.4. The normalized spacial score (nSPS) is 11.7. The molecule has 1 aromatic rings. The molecule has 0 aliphatic carbocycles. The molecule has 0 aliphatic heterocycles. The van der Waals surface area contributed by atoms with Crippen LogP contribution in [0, 0.1) is 6.92 Å². The number of hydrogen-bond acceptors (Lipinski definition) is 3. The van der Waals surface area contributed by atoms with E-state index in [2.05, 4.69) is 10.3 Å². The van der Waals surface area contributed by atoms with Crippen molar-refractivity contribution < 1.29 is 14.7 Å². The minimum Gasteiger partial charge on any atom is -0.478 e. The van der Waals surface area contributed by atoms with E-state index in [1.807, 2.05) is 6.92 Å². The van der Waals surface area contributed by atoms with Crippen molar-refractivity contribution in [2.24, 2.45) is 0 Å². The molecule has 0 fully saturated rings. The van der Waals surface area contributed by atoms with Gasteiger partial charge in [-0.1, -0.05) is 0 Å². The van der Waals surface area contributed by atoms with E-state index in [1.54, 1.807) is 12.3 Å². The number of carbonyl (C=O) groups is 2. The summed E-state index contributed by atoms with van der Waals surface area (Å²) in [5.41, 5.74) is 1.66. The van der Waals surface area contributed by atoms with Crippen LogP contribution in [0.2, 0.25) is 0 Å². The van der Waals surface area contributed by atoms with Crippen molar-refractivity contribution >= 4 is 17.6 Å². The summed E-state index contributed by atoms with van der Waals surface area (Å²) in [6.07, 6.45) is 3.15. The molecular formula is C12H14N2O3. The number of aromatic nitrogens is 1. The summed E-state index contributed by atoms with van der Waals surface area (Å²) in [5.74, 6) is -1.53.